The van der Waals surface area contributed by atoms with E-state index in [1.54, 1.807) is 0 Å². The van der Waals surface area contributed by atoms with Crippen LogP contribution in [0.15, 0.2) is 6.07 Å². The van der Waals surface area contributed by atoms with Crippen molar-refractivity contribution < 1.29 is 0 Å². The normalized spacial score (nSPS) is 20.5. The van der Waals surface area contributed by atoms with Gasteiger partial charge >= 0.3 is 0 Å². The number of fused-ring (bicyclic) bond motifs is 2. The molecule has 2 N–H and O–H groups in total. The van der Waals surface area contributed by atoms with Gasteiger partial charge in [0, 0.05) is 41.6 Å². The second-order valence-electron chi connectivity index (χ2n) is 5.18. The molecule has 0 spiro atoms. The van der Waals surface area contributed by atoms with Gasteiger partial charge in [-0.3, -0.25) is 0 Å². The molecule has 1 aliphatic heterocycles. The number of benzene rings is 1. The molecule has 3 rings (SSSR count). The van der Waals surface area contributed by atoms with Crippen molar-refractivity contribution in [3.05, 3.63) is 28.3 Å². The average molecular weight is 342 g/mol. The minimum absolute atomic E-state index is 1.12. The lowest BCUT2D eigenvalue weighted by Gasteiger charge is -2.23. The highest BCUT2D eigenvalue weighted by molar-refractivity contribution is 14.1. The highest BCUT2D eigenvalue weighted by atomic mass is 127. The number of nitrogen functional groups attached to an aromatic ring is 1. The molecule has 0 saturated carbocycles. The van der Waals surface area contributed by atoms with E-state index in [1.165, 1.54) is 60.9 Å². The van der Waals surface area contributed by atoms with Gasteiger partial charge in [0.1, 0.15) is 0 Å². The van der Waals surface area contributed by atoms with E-state index < -0.39 is 0 Å². The van der Waals surface area contributed by atoms with E-state index in [1.807, 2.05) is 0 Å². The molecule has 0 fully saturated rings. The predicted octanol–water partition coefficient (Wildman–Crippen LogP) is 2.90. The number of nitrogens with zero attached hydrogens (tertiary/aromatic N) is 1. The van der Waals surface area contributed by atoms with Gasteiger partial charge < -0.3 is 5.73 Å². The van der Waals surface area contributed by atoms with Crippen LogP contribution in [0.5, 0.6) is 0 Å². The van der Waals surface area contributed by atoms with Crippen LogP contribution >= 0.6 is 22.9 Å². The molecule has 1 aromatic carbocycles. The third-order valence-electron chi connectivity index (χ3n) is 4.10. The molecule has 0 saturated heterocycles. The number of anilines is 1. The fourth-order valence-corrected chi connectivity index (χ4v) is 3.77. The maximum absolute atomic E-state index is 6.40. The molecule has 1 aromatic rings. The molecule has 3 heteroatoms. The van der Waals surface area contributed by atoms with Gasteiger partial charge in [0.15, 0.2) is 0 Å². The summed E-state index contributed by atoms with van der Waals surface area (Å²) in [5.74, 6) is 0. The monoisotopic (exact) mass is 342 g/mol. The van der Waals surface area contributed by atoms with Crippen LogP contribution in [0.4, 0.5) is 5.69 Å². The number of aryl methyl sites for hydroxylation is 2. The van der Waals surface area contributed by atoms with Crippen molar-refractivity contribution in [2.24, 2.45) is 0 Å². The molecule has 0 atom stereocenters. The standard InChI is InChI=1S/C14H19IN2/c15-17-7-2-4-11-9-10-3-1-5-12(10)14(16)13(11)6-8-17/h9H,1-8,16H2. The van der Waals surface area contributed by atoms with Gasteiger partial charge in [0.2, 0.25) is 0 Å². The first-order valence-corrected chi connectivity index (χ1v) is 7.55. The molecule has 0 unspecified atom stereocenters. The lowest BCUT2D eigenvalue weighted by molar-refractivity contribution is 0.486. The Hall–Kier alpha value is -0.290. The third-order valence-corrected chi connectivity index (χ3v) is 5.06. The lowest BCUT2D eigenvalue weighted by atomic mass is 9.92. The Labute approximate surface area is 117 Å². The minimum Gasteiger partial charge on any atom is -0.398 e. The summed E-state index contributed by atoms with van der Waals surface area (Å²) in [6.07, 6.45) is 7.31. The van der Waals surface area contributed by atoms with Crippen LogP contribution in [0.25, 0.3) is 0 Å². The highest BCUT2D eigenvalue weighted by Gasteiger charge is 2.20. The maximum Gasteiger partial charge on any atom is 0.0385 e. The largest absolute Gasteiger partial charge is 0.398 e. The molecular formula is C14H19IN2. The fourth-order valence-electron chi connectivity index (χ4n) is 3.19. The summed E-state index contributed by atoms with van der Waals surface area (Å²) >= 11 is 2.44. The summed E-state index contributed by atoms with van der Waals surface area (Å²) < 4.78 is 2.40. The summed E-state index contributed by atoms with van der Waals surface area (Å²) in [5, 5.41) is 0. The second-order valence-corrected chi connectivity index (χ2v) is 6.55. The number of hydrogen-bond acceptors (Lipinski definition) is 2. The zero-order chi connectivity index (χ0) is 11.8. The van der Waals surface area contributed by atoms with Gasteiger partial charge in [-0.2, -0.15) is 0 Å². The predicted molar refractivity (Wildman–Crippen MR) is 80.5 cm³/mol. The van der Waals surface area contributed by atoms with Gasteiger partial charge in [-0.15, -0.1) is 0 Å². The van der Waals surface area contributed by atoms with Crippen molar-refractivity contribution in [1.82, 2.24) is 3.11 Å². The Bertz CT molecular complexity index is 442. The van der Waals surface area contributed by atoms with E-state index in [4.69, 9.17) is 5.73 Å². The Kier molecular flexibility index (Phi) is 3.30. The van der Waals surface area contributed by atoms with E-state index in [2.05, 4.69) is 32.0 Å². The van der Waals surface area contributed by atoms with Crippen molar-refractivity contribution in [2.45, 2.75) is 38.5 Å². The van der Waals surface area contributed by atoms with Crippen LogP contribution < -0.4 is 5.73 Å². The second kappa shape index (κ2) is 4.76. The molecule has 1 aliphatic carbocycles. The van der Waals surface area contributed by atoms with Gasteiger partial charge in [-0.05, 0) is 60.8 Å². The number of halogens is 1. The number of hydrogen-bond donors (Lipinski definition) is 1. The van der Waals surface area contributed by atoms with Crippen molar-refractivity contribution in [2.75, 3.05) is 18.8 Å². The molecule has 2 nitrogen and oxygen atoms in total. The summed E-state index contributed by atoms with van der Waals surface area (Å²) in [7, 11) is 0. The average Bonchev–Trinajstić information content (AvgIpc) is 2.74. The maximum atomic E-state index is 6.40. The first-order valence-electron chi connectivity index (χ1n) is 6.58. The van der Waals surface area contributed by atoms with E-state index in [-0.39, 0.29) is 0 Å². The Morgan fingerprint density at radius 3 is 2.47 bits per heavy atom. The highest BCUT2D eigenvalue weighted by Crippen LogP contribution is 2.34. The van der Waals surface area contributed by atoms with E-state index >= 15 is 0 Å². The molecule has 17 heavy (non-hydrogen) atoms. The van der Waals surface area contributed by atoms with Crippen LogP contribution in [0.2, 0.25) is 0 Å². The van der Waals surface area contributed by atoms with E-state index in [9.17, 15) is 0 Å². The van der Waals surface area contributed by atoms with Crippen molar-refractivity contribution in [3.63, 3.8) is 0 Å². The molecule has 0 bridgehead atoms. The fraction of sp³-hybridized carbons (Fsp3) is 0.571. The van der Waals surface area contributed by atoms with Gasteiger partial charge in [-0.25, -0.2) is 3.11 Å². The van der Waals surface area contributed by atoms with E-state index in [0.717, 1.165) is 18.7 Å². The third kappa shape index (κ3) is 2.19. The van der Waals surface area contributed by atoms with Crippen molar-refractivity contribution in [3.8, 4) is 0 Å². The SMILES string of the molecule is Nc1c2c(cc3c1CCN(I)CCC3)CCC2. The summed E-state index contributed by atoms with van der Waals surface area (Å²) in [4.78, 5) is 0. The first-order chi connectivity index (χ1) is 8.25. The molecule has 0 aromatic heterocycles. The zero-order valence-electron chi connectivity index (χ0n) is 10.1. The van der Waals surface area contributed by atoms with Gasteiger partial charge in [0.25, 0.3) is 0 Å². The van der Waals surface area contributed by atoms with E-state index in [0.29, 0.717) is 0 Å². The molecule has 0 amide bonds. The smallest absolute Gasteiger partial charge is 0.0385 e. The number of nitrogens with two attached hydrogens (primary N) is 1. The van der Waals surface area contributed by atoms with Crippen molar-refractivity contribution in [1.29, 1.82) is 0 Å². The summed E-state index contributed by atoms with van der Waals surface area (Å²) in [6.45, 7) is 2.34. The Morgan fingerprint density at radius 2 is 1.65 bits per heavy atom. The Morgan fingerprint density at radius 1 is 0.941 bits per heavy atom. The summed E-state index contributed by atoms with van der Waals surface area (Å²) in [6, 6.07) is 2.46. The van der Waals surface area contributed by atoms with Gasteiger partial charge in [0.05, 0.1) is 0 Å². The van der Waals surface area contributed by atoms with Crippen LogP contribution in [0, 0.1) is 0 Å². The molecule has 2 aliphatic rings. The minimum atomic E-state index is 1.12. The zero-order valence-corrected chi connectivity index (χ0v) is 12.3. The Balaban J connectivity index is 2.03. The topological polar surface area (TPSA) is 29.3 Å². The lowest BCUT2D eigenvalue weighted by Crippen LogP contribution is -2.21. The molecule has 1 heterocycles. The molecular weight excluding hydrogens is 323 g/mol. The first kappa shape index (κ1) is 11.8. The van der Waals surface area contributed by atoms with Gasteiger partial charge in [-0.1, -0.05) is 6.07 Å². The summed E-state index contributed by atoms with van der Waals surface area (Å²) in [5.41, 5.74) is 13.5. The van der Waals surface area contributed by atoms with Crippen molar-refractivity contribution >= 4 is 28.6 Å². The van der Waals surface area contributed by atoms with Crippen LogP contribution in [0.1, 0.15) is 35.1 Å². The van der Waals surface area contributed by atoms with Crippen LogP contribution in [0.3, 0.4) is 0 Å². The molecule has 92 valence electrons. The quantitative estimate of drug-likeness (QED) is 0.446. The number of rotatable bonds is 0. The molecule has 0 radical (unpaired) electrons. The van der Waals surface area contributed by atoms with Crippen LogP contribution in [-0.2, 0) is 25.7 Å². The van der Waals surface area contributed by atoms with Crippen LogP contribution in [-0.4, -0.2) is 16.2 Å².